The van der Waals surface area contributed by atoms with Gasteiger partial charge in [0.25, 0.3) is 0 Å². The highest BCUT2D eigenvalue weighted by Crippen LogP contribution is 2.34. The van der Waals surface area contributed by atoms with Crippen molar-refractivity contribution in [1.29, 1.82) is 10.5 Å². The molecule has 0 atom stereocenters. The lowest BCUT2D eigenvalue weighted by atomic mass is 10.2. The number of benzene rings is 2. The van der Waals surface area contributed by atoms with Gasteiger partial charge >= 0.3 is 0 Å². The Kier molecular flexibility index (Phi) is 5.33. The fourth-order valence-electron chi connectivity index (χ4n) is 3.99. The maximum Gasteiger partial charge on any atom is 0.155 e. The Bertz CT molecular complexity index is 1640. The fraction of sp³-hybridized carbons (Fsp3) is 0.0769. The number of hydrogen-bond acceptors (Lipinski definition) is 7. The van der Waals surface area contributed by atoms with Crippen molar-refractivity contribution >= 4 is 56.1 Å². The normalized spacial score (nSPS) is 12.8. The van der Waals surface area contributed by atoms with Gasteiger partial charge in [0, 0.05) is 14.1 Å². The van der Waals surface area contributed by atoms with Gasteiger partial charge in [0.1, 0.15) is 23.3 Å². The molecule has 0 radical (unpaired) electrons. The molecule has 2 aromatic carbocycles. The molecule has 0 bridgehead atoms. The maximum atomic E-state index is 11.0. The van der Waals surface area contributed by atoms with Crippen LogP contribution in [0.2, 0.25) is 0 Å². The second-order valence-corrected chi connectivity index (χ2v) is 8.88. The van der Waals surface area contributed by atoms with Crippen LogP contribution in [0.25, 0.3) is 44.7 Å². The summed E-state index contributed by atoms with van der Waals surface area (Å²) < 4.78 is 3.49. The molecule has 5 aromatic rings. The van der Waals surface area contributed by atoms with E-state index in [0.717, 1.165) is 22.4 Å². The van der Waals surface area contributed by atoms with E-state index >= 15 is 0 Å². The minimum atomic E-state index is -0.254. The van der Waals surface area contributed by atoms with E-state index in [2.05, 4.69) is 22.1 Å². The summed E-state index contributed by atoms with van der Waals surface area (Å²) in [5, 5.41) is 41.6. The number of imidazole rings is 2. The van der Waals surface area contributed by atoms with Gasteiger partial charge in [-0.15, -0.1) is 11.3 Å². The van der Waals surface area contributed by atoms with E-state index in [1.54, 1.807) is 35.4 Å². The van der Waals surface area contributed by atoms with Crippen molar-refractivity contribution in [2.45, 2.75) is 0 Å². The van der Waals surface area contributed by atoms with Crippen molar-refractivity contribution < 1.29 is 10.2 Å². The van der Waals surface area contributed by atoms with Gasteiger partial charge in [-0.2, -0.15) is 10.5 Å². The summed E-state index contributed by atoms with van der Waals surface area (Å²) in [5.41, 5.74) is 3.10. The molecule has 170 valence electrons. The van der Waals surface area contributed by atoms with Crippen LogP contribution in [0.5, 0.6) is 0 Å². The van der Waals surface area contributed by atoms with Crippen molar-refractivity contribution in [3.05, 3.63) is 82.1 Å². The van der Waals surface area contributed by atoms with Crippen LogP contribution in [0.4, 0.5) is 0 Å². The molecule has 0 fully saturated rings. The lowest BCUT2D eigenvalue weighted by molar-refractivity contribution is 0.515. The van der Waals surface area contributed by atoms with Crippen molar-refractivity contribution in [2.75, 3.05) is 0 Å². The SMILES string of the molecule is Cn1c(/C(C#N)=C(\O)c2ccc(/C(O)=C(\C#N)c3nc4ccccc4n3C)s2)nc2ccccc21. The molecule has 3 heterocycles. The molecule has 0 unspecified atom stereocenters. The summed E-state index contributed by atoms with van der Waals surface area (Å²) in [7, 11) is 3.56. The van der Waals surface area contributed by atoms with Crippen molar-refractivity contribution in [1.82, 2.24) is 19.1 Å². The summed E-state index contributed by atoms with van der Waals surface area (Å²) in [6.45, 7) is 0. The quantitative estimate of drug-likeness (QED) is 0.262. The predicted molar refractivity (Wildman–Crippen MR) is 136 cm³/mol. The van der Waals surface area contributed by atoms with Gasteiger partial charge in [-0.1, -0.05) is 24.3 Å². The third-order valence-electron chi connectivity index (χ3n) is 5.79. The van der Waals surface area contributed by atoms with Gasteiger partial charge in [0.15, 0.2) is 23.2 Å². The maximum absolute atomic E-state index is 11.0. The number of aliphatic hydroxyl groups excluding tert-OH is 2. The van der Waals surface area contributed by atoms with Gasteiger partial charge in [-0.3, -0.25) is 0 Å². The Balaban J connectivity index is 1.59. The first-order chi connectivity index (χ1) is 16.9. The number of rotatable bonds is 4. The number of thiophene rings is 1. The Hall–Kier alpha value is -4.86. The minimum Gasteiger partial charge on any atom is -0.505 e. The highest BCUT2D eigenvalue weighted by atomic mass is 32.1. The lowest BCUT2D eigenvalue weighted by Crippen LogP contribution is -1.99. The standard InChI is InChI=1S/C26H18N6O2S/c1-31-19-9-5-3-7-17(19)29-25(31)15(13-27)23(33)21-11-12-22(35-21)24(34)16(14-28)26-30-18-8-4-6-10-20(18)32(26)2/h3-12,33-34H,1-2H3/b23-15-,24-16-. The van der Waals surface area contributed by atoms with Crippen LogP contribution in [0, 0.1) is 22.7 Å². The second-order valence-electron chi connectivity index (χ2n) is 7.80. The van der Waals surface area contributed by atoms with Crippen molar-refractivity contribution in [2.24, 2.45) is 14.1 Å². The first kappa shape index (κ1) is 22.0. The van der Waals surface area contributed by atoms with E-state index in [1.165, 1.54) is 0 Å². The van der Waals surface area contributed by atoms with Crippen molar-refractivity contribution in [3.63, 3.8) is 0 Å². The molecule has 8 nitrogen and oxygen atoms in total. The molecule has 0 saturated heterocycles. The zero-order valence-electron chi connectivity index (χ0n) is 18.8. The van der Waals surface area contributed by atoms with Crippen LogP contribution < -0.4 is 0 Å². The molecular formula is C26H18N6O2S. The molecule has 0 aliphatic rings. The van der Waals surface area contributed by atoms with Crippen LogP contribution in [0.15, 0.2) is 60.7 Å². The summed E-state index contributed by atoms with van der Waals surface area (Å²) in [6, 6.07) is 22.2. The summed E-state index contributed by atoms with van der Waals surface area (Å²) in [6.07, 6.45) is 0. The lowest BCUT2D eigenvalue weighted by Gasteiger charge is -2.04. The monoisotopic (exact) mass is 478 g/mol. The fourth-order valence-corrected chi connectivity index (χ4v) is 4.90. The topological polar surface area (TPSA) is 124 Å². The number of nitriles is 2. The number of nitrogens with zero attached hydrogens (tertiary/aromatic N) is 6. The Morgan fingerprint density at radius 2 is 1.11 bits per heavy atom. The summed E-state index contributed by atoms with van der Waals surface area (Å²) in [5.74, 6) is 0.157. The Labute approximate surface area is 204 Å². The molecule has 0 saturated carbocycles. The largest absolute Gasteiger partial charge is 0.505 e. The zero-order valence-corrected chi connectivity index (χ0v) is 19.6. The van der Waals surface area contributed by atoms with Gasteiger partial charge in [-0.25, -0.2) is 9.97 Å². The average molecular weight is 479 g/mol. The Morgan fingerprint density at radius 1 is 0.714 bits per heavy atom. The molecule has 0 amide bonds. The van der Waals surface area contributed by atoms with Gasteiger partial charge in [0.05, 0.1) is 31.8 Å². The van der Waals surface area contributed by atoms with E-state index in [1.807, 2.05) is 48.5 Å². The number of hydrogen-bond donors (Lipinski definition) is 2. The van der Waals surface area contributed by atoms with Crippen LogP contribution in [-0.4, -0.2) is 29.3 Å². The van der Waals surface area contributed by atoms with E-state index < -0.39 is 0 Å². The van der Waals surface area contributed by atoms with Crippen LogP contribution in [0.3, 0.4) is 0 Å². The van der Waals surface area contributed by atoms with Crippen molar-refractivity contribution in [3.8, 4) is 12.1 Å². The number of para-hydroxylation sites is 4. The number of allylic oxidation sites excluding steroid dienone is 2. The predicted octanol–water partition coefficient (Wildman–Crippen LogP) is 5.42. The third-order valence-corrected chi connectivity index (χ3v) is 6.89. The summed E-state index contributed by atoms with van der Waals surface area (Å²) in [4.78, 5) is 9.71. The van der Waals surface area contributed by atoms with Crippen LogP contribution >= 0.6 is 11.3 Å². The molecule has 0 aliphatic heterocycles. The second kappa shape index (κ2) is 8.49. The molecule has 0 spiro atoms. The molecule has 35 heavy (non-hydrogen) atoms. The zero-order chi connectivity index (χ0) is 24.7. The van der Waals surface area contributed by atoms with Crippen LogP contribution in [-0.2, 0) is 14.1 Å². The highest BCUT2D eigenvalue weighted by Gasteiger charge is 2.22. The van der Waals surface area contributed by atoms with Crippen LogP contribution in [0.1, 0.15) is 21.4 Å². The highest BCUT2D eigenvalue weighted by molar-refractivity contribution is 7.14. The molecule has 9 heteroatoms. The van der Waals surface area contributed by atoms with Gasteiger partial charge in [-0.05, 0) is 36.4 Å². The van der Waals surface area contributed by atoms with Gasteiger partial charge in [0.2, 0.25) is 0 Å². The molecular weight excluding hydrogens is 460 g/mol. The molecule has 0 aliphatic carbocycles. The van der Waals surface area contributed by atoms with E-state index in [-0.39, 0.29) is 22.7 Å². The smallest absolute Gasteiger partial charge is 0.155 e. The number of aromatic nitrogens is 4. The minimum absolute atomic E-state index is 0.0106. The average Bonchev–Trinajstić information content (AvgIpc) is 3.58. The Morgan fingerprint density at radius 3 is 1.49 bits per heavy atom. The molecule has 5 rings (SSSR count). The molecule has 3 aromatic heterocycles. The molecule has 2 N–H and O–H groups in total. The van der Waals surface area contributed by atoms with E-state index in [9.17, 15) is 20.7 Å². The van der Waals surface area contributed by atoms with E-state index in [4.69, 9.17) is 0 Å². The first-order valence-corrected chi connectivity index (χ1v) is 11.4. The number of aryl methyl sites for hydroxylation is 2. The van der Waals surface area contributed by atoms with E-state index in [0.29, 0.717) is 32.4 Å². The first-order valence-electron chi connectivity index (χ1n) is 10.6. The summed E-state index contributed by atoms with van der Waals surface area (Å²) >= 11 is 1.06. The van der Waals surface area contributed by atoms with Gasteiger partial charge < -0.3 is 19.3 Å². The number of fused-ring (bicyclic) bond motifs is 2. The third kappa shape index (κ3) is 3.52. The number of aliphatic hydroxyl groups is 2.